The minimum absolute atomic E-state index is 0.327. The normalized spacial score (nSPS) is 20.6. The van der Waals surface area contributed by atoms with E-state index in [1.807, 2.05) is 0 Å². The van der Waals surface area contributed by atoms with Crippen LogP contribution in [0.5, 0.6) is 0 Å². The van der Waals surface area contributed by atoms with E-state index in [-0.39, 0.29) is 0 Å². The number of nitrogens with one attached hydrogen (secondary N) is 1. The van der Waals surface area contributed by atoms with Crippen molar-refractivity contribution in [2.45, 2.75) is 18.9 Å². The van der Waals surface area contributed by atoms with E-state index in [9.17, 15) is 5.11 Å². The van der Waals surface area contributed by atoms with E-state index in [1.54, 1.807) is 18.6 Å². The van der Waals surface area contributed by atoms with Gasteiger partial charge in [0.2, 0.25) is 0 Å². The summed E-state index contributed by atoms with van der Waals surface area (Å²) in [6.45, 7) is 1.98. The highest BCUT2D eigenvalue weighted by molar-refractivity contribution is 5.01. The molecule has 1 unspecified atom stereocenters. The van der Waals surface area contributed by atoms with Crippen LogP contribution in [0.15, 0.2) is 18.6 Å². The van der Waals surface area contributed by atoms with Gasteiger partial charge in [0.25, 0.3) is 0 Å². The number of hydrogen-bond acceptors (Lipinski definition) is 4. The first kappa shape index (κ1) is 9.55. The molecule has 0 bridgehead atoms. The third-order valence-corrected chi connectivity index (χ3v) is 2.72. The molecule has 1 aromatic heterocycles. The smallest absolute Gasteiger partial charge is 0.100 e. The quantitative estimate of drug-likeness (QED) is 0.718. The van der Waals surface area contributed by atoms with E-state index in [2.05, 4.69) is 15.3 Å². The Labute approximate surface area is 83.4 Å². The summed E-state index contributed by atoms with van der Waals surface area (Å²) in [6.07, 6.45) is 6.46. The number of aromatic nitrogens is 2. The molecular formula is C10H15N3O. The molecule has 1 aromatic rings. The van der Waals surface area contributed by atoms with Gasteiger partial charge in [-0.25, -0.2) is 0 Å². The summed E-state index contributed by atoms with van der Waals surface area (Å²) < 4.78 is 0. The van der Waals surface area contributed by atoms with Crippen LogP contribution in [0.25, 0.3) is 0 Å². The number of piperidine rings is 1. The highest BCUT2D eigenvalue weighted by Gasteiger charge is 2.23. The second kappa shape index (κ2) is 4.48. The molecular weight excluding hydrogens is 178 g/mol. The van der Waals surface area contributed by atoms with Crippen LogP contribution in [0.2, 0.25) is 0 Å². The molecule has 14 heavy (non-hydrogen) atoms. The summed E-state index contributed by atoms with van der Waals surface area (Å²) in [5.74, 6) is 0.327. The summed E-state index contributed by atoms with van der Waals surface area (Å²) in [5, 5.41) is 13.3. The van der Waals surface area contributed by atoms with Gasteiger partial charge in [0.1, 0.15) is 6.10 Å². The zero-order valence-corrected chi connectivity index (χ0v) is 8.06. The van der Waals surface area contributed by atoms with Gasteiger partial charge in [-0.05, 0) is 31.8 Å². The van der Waals surface area contributed by atoms with Gasteiger partial charge in [0.15, 0.2) is 0 Å². The summed E-state index contributed by atoms with van der Waals surface area (Å²) in [7, 11) is 0. The molecule has 1 atom stereocenters. The molecule has 1 aliphatic rings. The van der Waals surface area contributed by atoms with E-state index in [0.717, 1.165) is 25.9 Å². The lowest BCUT2D eigenvalue weighted by Crippen LogP contribution is -2.31. The molecule has 1 aliphatic heterocycles. The molecule has 76 valence electrons. The van der Waals surface area contributed by atoms with Gasteiger partial charge in [-0.2, -0.15) is 0 Å². The summed E-state index contributed by atoms with van der Waals surface area (Å²) in [5.41, 5.74) is 0.694. The monoisotopic (exact) mass is 193 g/mol. The minimum atomic E-state index is -0.453. The predicted octanol–water partition coefficient (Wildman–Crippen LogP) is 0.510. The number of hydrogen-bond donors (Lipinski definition) is 2. The lowest BCUT2D eigenvalue weighted by Gasteiger charge is -2.26. The molecule has 4 heteroatoms. The van der Waals surface area contributed by atoms with Crippen LogP contribution >= 0.6 is 0 Å². The first-order valence-corrected chi connectivity index (χ1v) is 5.02. The van der Waals surface area contributed by atoms with Crippen LogP contribution < -0.4 is 5.32 Å². The van der Waals surface area contributed by atoms with Gasteiger partial charge in [-0.15, -0.1) is 0 Å². The SMILES string of the molecule is OC(c1cnccn1)C1CCNCC1. The maximum absolute atomic E-state index is 10.0. The van der Waals surface area contributed by atoms with Crippen LogP contribution in [0.3, 0.4) is 0 Å². The number of rotatable bonds is 2. The molecule has 0 aliphatic carbocycles. The molecule has 0 spiro atoms. The van der Waals surface area contributed by atoms with Crippen molar-refractivity contribution in [2.24, 2.45) is 5.92 Å². The zero-order valence-electron chi connectivity index (χ0n) is 8.06. The van der Waals surface area contributed by atoms with E-state index >= 15 is 0 Å². The topological polar surface area (TPSA) is 58.0 Å². The summed E-state index contributed by atoms with van der Waals surface area (Å²) in [6, 6.07) is 0. The van der Waals surface area contributed by atoms with Crippen LogP contribution in [0, 0.1) is 5.92 Å². The van der Waals surface area contributed by atoms with Crippen molar-refractivity contribution in [1.82, 2.24) is 15.3 Å². The lowest BCUT2D eigenvalue weighted by molar-refractivity contribution is 0.0848. The highest BCUT2D eigenvalue weighted by atomic mass is 16.3. The van der Waals surface area contributed by atoms with Crippen LogP contribution in [0.4, 0.5) is 0 Å². The van der Waals surface area contributed by atoms with Crippen molar-refractivity contribution in [1.29, 1.82) is 0 Å². The van der Waals surface area contributed by atoms with Crippen molar-refractivity contribution in [3.8, 4) is 0 Å². The van der Waals surface area contributed by atoms with E-state index < -0.39 is 6.10 Å². The van der Waals surface area contributed by atoms with Crippen molar-refractivity contribution >= 4 is 0 Å². The Morgan fingerprint density at radius 1 is 1.36 bits per heavy atom. The fraction of sp³-hybridized carbons (Fsp3) is 0.600. The molecule has 4 nitrogen and oxygen atoms in total. The molecule has 0 aromatic carbocycles. The molecule has 2 heterocycles. The molecule has 0 saturated carbocycles. The summed E-state index contributed by atoms with van der Waals surface area (Å²) in [4.78, 5) is 8.08. The third kappa shape index (κ3) is 2.08. The first-order chi connectivity index (χ1) is 6.88. The lowest BCUT2D eigenvalue weighted by atomic mass is 9.91. The average molecular weight is 193 g/mol. The molecule has 0 amide bonds. The van der Waals surface area contributed by atoms with E-state index in [0.29, 0.717) is 11.6 Å². The predicted molar refractivity (Wildman–Crippen MR) is 52.6 cm³/mol. The number of nitrogens with zero attached hydrogens (tertiary/aromatic N) is 2. The second-order valence-electron chi connectivity index (χ2n) is 3.66. The molecule has 0 radical (unpaired) electrons. The minimum Gasteiger partial charge on any atom is -0.386 e. The number of aliphatic hydroxyl groups excluding tert-OH is 1. The Kier molecular flexibility index (Phi) is 3.06. The molecule has 1 fully saturated rings. The zero-order chi connectivity index (χ0) is 9.80. The number of aliphatic hydroxyl groups is 1. The van der Waals surface area contributed by atoms with Crippen LogP contribution in [-0.2, 0) is 0 Å². The van der Waals surface area contributed by atoms with Crippen molar-refractivity contribution in [3.63, 3.8) is 0 Å². The molecule has 2 N–H and O–H groups in total. The van der Waals surface area contributed by atoms with Crippen LogP contribution in [0.1, 0.15) is 24.6 Å². The highest BCUT2D eigenvalue weighted by Crippen LogP contribution is 2.26. The molecule has 1 saturated heterocycles. The van der Waals surface area contributed by atoms with Gasteiger partial charge >= 0.3 is 0 Å². The Hall–Kier alpha value is -1.00. The van der Waals surface area contributed by atoms with Gasteiger partial charge in [0.05, 0.1) is 11.9 Å². The van der Waals surface area contributed by atoms with Gasteiger partial charge < -0.3 is 10.4 Å². The van der Waals surface area contributed by atoms with Crippen molar-refractivity contribution < 1.29 is 5.11 Å². The van der Waals surface area contributed by atoms with Gasteiger partial charge in [-0.1, -0.05) is 0 Å². The van der Waals surface area contributed by atoms with Crippen LogP contribution in [-0.4, -0.2) is 28.2 Å². The maximum atomic E-state index is 10.0. The van der Waals surface area contributed by atoms with Crippen molar-refractivity contribution in [3.05, 3.63) is 24.3 Å². The Morgan fingerprint density at radius 3 is 2.79 bits per heavy atom. The van der Waals surface area contributed by atoms with Gasteiger partial charge in [-0.3, -0.25) is 9.97 Å². The van der Waals surface area contributed by atoms with E-state index in [4.69, 9.17) is 0 Å². The summed E-state index contributed by atoms with van der Waals surface area (Å²) >= 11 is 0. The molecule has 2 rings (SSSR count). The fourth-order valence-corrected chi connectivity index (χ4v) is 1.86. The van der Waals surface area contributed by atoms with Crippen molar-refractivity contribution in [2.75, 3.05) is 13.1 Å². The average Bonchev–Trinajstić information content (AvgIpc) is 2.30. The fourth-order valence-electron chi connectivity index (χ4n) is 1.86. The standard InChI is InChI=1S/C10H15N3O/c14-10(8-1-3-11-4-2-8)9-7-12-5-6-13-9/h5-8,10-11,14H,1-4H2. The second-order valence-corrected chi connectivity index (χ2v) is 3.66. The van der Waals surface area contributed by atoms with Gasteiger partial charge in [0, 0.05) is 12.4 Å². The Morgan fingerprint density at radius 2 is 2.14 bits per heavy atom. The maximum Gasteiger partial charge on any atom is 0.100 e. The Bertz CT molecular complexity index is 272. The Balaban J connectivity index is 2.03. The largest absolute Gasteiger partial charge is 0.386 e. The third-order valence-electron chi connectivity index (χ3n) is 2.72. The van der Waals surface area contributed by atoms with E-state index in [1.165, 1.54) is 0 Å². The first-order valence-electron chi connectivity index (χ1n) is 5.02.